The molecule has 1 unspecified atom stereocenters. The molecule has 1 aliphatic heterocycles. The molecule has 2 N–H and O–H groups in total. The molecule has 7 heteroatoms. The smallest absolute Gasteiger partial charge is 0.317 e. The van der Waals surface area contributed by atoms with Crippen LogP contribution in [0, 0.1) is 5.41 Å². The summed E-state index contributed by atoms with van der Waals surface area (Å²) in [5, 5.41) is 12.1. The maximum atomic E-state index is 12.1. The molecule has 1 saturated heterocycles. The van der Waals surface area contributed by atoms with Gasteiger partial charge in [0.25, 0.3) is 0 Å². The summed E-state index contributed by atoms with van der Waals surface area (Å²) in [6, 6.07) is 3.85. The zero-order chi connectivity index (χ0) is 15.5. The van der Waals surface area contributed by atoms with Gasteiger partial charge < -0.3 is 15.3 Å². The van der Waals surface area contributed by atoms with Crippen LogP contribution in [0.25, 0.3) is 0 Å². The van der Waals surface area contributed by atoms with Gasteiger partial charge in [0.15, 0.2) is 0 Å². The van der Waals surface area contributed by atoms with Crippen LogP contribution >= 0.6 is 27.3 Å². The average Bonchev–Trinajstić information content (AvgIpc) is 2.84. The Kier molecular flexibility index (Phi) is 5.27. The number of carboxylic acids is 1. The lowest BCUT2D eigenvalue weighted by molar-refractivity contribution is -0.150. The molecule has 1 aromatic heterocycles. The molecule has 1 fully saturated rings. The number of halogens is 1. The molecular formula is C14H19BrN2O3S. The number of nitrogens with zero attached hydrogens (tertiary/aromatic N) is 1. The van der Waals surface area contributed by atoms with Crippen molar-refractivity contribution in [3.63, 3.8) is 0 Å². The molecule has 2 amide bonds. The lowest BCUT2D eigenvalue weighted by Crippen LogP contribution is -2.51. The molecule has 2 heterocycles. The van der Waals surface area contributed by atoms with E-state index >= 15 is 0 Å². The fourth-order valence-electron chi connectivity index (χ4n) is 2.48. The first-order valence-electron chi connectivity index (χ1n) is 6.91. The van der Waals surface area contributed by atoms with E-state index < -0.39 is 11.4 Å². The molecule has 0 bridgehead atoms. The van der Waals surface area contributed by atoms with E-state index in [0.29, 0.717) is 19.5 Å². The van der Waals surface area contributed by atoms with Crippen molar-refractivity contribution in [2.24, 2.45) is 5.41 Å². The normalized spacial score (nSPS) is 22.1. The monoisotopic (exact) mass is 374 g/mol. The van der Waals surface area contributed by atoms with Crippen LogP contribution in [0.5, 0.6) is 0 Å². The number of carbonyl (C=O) groups is 2. The standard InChI is InChI=1S/C14H19BrN2O3S/c1-14(12(18)19)6-2-8-17(9-14)13(20)16-7-5-10-3-4-11(15)21-10/h3-4H,2,5-9H2,1H3,(H,16,20)(H,18,19). The fourth-order valence-corrected chi connectivity index (χ4v) is 3.96. The van der Waals surface area contributed by atoms with Crippen LogP contribution in [0.2, 0.25) is 0 Å². The highest BCUT2D eigenvalue weighted by atomic mass is 79.9. The Morgan fingerprint density at radius 1 is 1.52 bits per heavy atom. The molecule has 116 valence electrons. The number of urea groups is 1. The van der Waals surface area contributed by atoms with Gasteiger partial charge in [0, 0.05) is 24.5 Å². The minimum absolute atomic E-state index is 0.169. The van der Waals surface area contributed by atoms with E-state index in [-0.39, 0.29) is 12.6 Å². The predicted octanol–water partition coefficient (Wildman–Crippen LogP) is 2.95. The molecule has 1 aromatic rings. The van der Waals surface area contributed by atoms with Crippen molar-refractivity contribution in [1.29, 1.82) is 0 Å². The van der Waals surface area contributed by atoms with Gasteiger partial charge in [-0.15, -0.1) is 11.3 Å². The van der Waals surface area contributed by atoms with Crippen LogP contribution in [0.1, 0.15) is 24.6 Å². The van der Waals surface area contributed by atoms with E-state index in [1.165, 1.54) is 4.88 Å². The van der Waals surface area contributed by atoms with Crippen LogP contribution in [0.3, 0.4) is 0 Å². The van der Waals surface area contributed by atoms with E-state index in [2.05, 4.69) is 21.2 Å². The molecular weight excluding hydrogens is 356 g/mol. The molecule has 5 nitrogen and oxygen atoms in total. The second-order valence-corrected chi connectivity index (χ2v) is 8.13. The Morgan fingerprint density at radius 2 is 2.29 bits per heavy atom. The zero-order valence-corrected chi connectivity index (χ0v) is 14.3. The Morgan fingerprint density at radius 3 is 2.90 bits per heavy atom. The molecule has 2 rings (SSSR count). The van der Waals surface area contributed by atoms with Crippen LogP contribution in [0.4, 0.5) is 4.79 Å². The van der Waals surface area contributed by atoms with E-state index in [4.69, 9.17) is 0 Å². The first-order valence-corrected chi connectivity index (χ1v) is 8.52. The van der Waals surface area contributed by atoms with Gasteiger partial charge in [-0.3, -0.25) is 4.79 Å². The number of carbonyl (C=O) groups excluding carboxylic acids is 1. The molecule has 0 radical (unpaired) electrons. The minimum atomic E-state index is -0.830. The van der Waals surface area contributed by atoms with Gasteiger partial charge in [0.2, 0.25) is 0 Å². The van der Waals surface area contributed by atoms with Crippen molar-refractivity contribution < 1.29 is 14.7 Å². The van der Waals surface area contributed by atoms with Gasteiger partial charge >= 0.3 is 12.0 Å². The summed E-state index contributed by atoms with van der Waals surface area (Å²) >= 11 is 5.06. The lowest BCUT2D eigenvalue weighted by atomic mass is 9.82. The number of nitrogens with one attached hydrogen (secondary N) is 1. The maximum Gasteiger partial charge on any atom is 0.317 e. The Bertz CT molecular complexity index is 534. The van der Waals surface area contributed by atoms with Crippen molar-refractivity contribution in [3.05, 3.63) is 20.8 Å². The molecule has 0 aliphatic carbocycles. The Labute approximate surface area is 136 Å². The highest BCUT2D eigenvalue weighted by molar-refractivity contribution is 9.11. The average molecular weight is 375 g/mol. The quantitative estimate of drug-likeness (QED) is 0.850. The molecule has 0 aromatic carbocycles. The second-order valence-electron chi connectivity index (χ2n) is 5.58. The maximum absolute atomic E-state index is 12.1. The van der Waals surface area contributed by atoms with Crippen LogP contribution in [0.15, 0.2) is 15.9 Å². The second kappa shape index (κ2) is 6.79. The minimum Gasteiger partial charge on any atom is -0.481 e. The third-order valence-electron chi connectivity index (χ3n) is 3.78. The molecule has 1 aliphatic rings. The number of likely N-dealkylation sites (tertiary alicyclic amines) is 1. The van der Waals surface area contributed by atoms with Crippen molar-refractivity contribution in [3.8, 4) is 0 Å². The number of aliphatic carboxylic acids is 1. The van der Waals surface area contributed by atoms with Gasteiger partial charge in [-0.05, 0) is 54.2 Å². The summed E-state index contributed by atoms with van der Waals surface area (Å²) in [4.78, 5) is 26.2. The van der Waals surface area contributed by atoms with Crippen molar-refractivity contribution in [2.45, 2.75) is 26.2 Å². The van der Waals surface area contributed by atoms with Crippen LogP contribution in [-0.4, -0.2) is 41.6 Å². The number of thiophene rings is 1. The molecule has 0 saturated carbocycles. The summed E-state index contributed by atoms with van der Waals surface area (Å²) < 4.78 is 1.08. The molecule has 1 atom stereocenters. The highest BCUT2D eigenvalue weighted by Gasteiger charge is 2.39. The largest absolute Gasteiger partial charge is 0.481 e. The number of hydrogen-bond donors (Lipinski definition) is 2. The number of rotatable bonds is 4. The third-order valence-corrected chi connectivity index (χ3v) is 5.46. The Hall–Kier alpha value is -1.08. The molecule has 0 spiro atoms. The van der Waals surface area contributed by atoms with E-state index in [9.17, 15) is 14.7 Å². The fraction of sp³-hybridized carbons (Fsp3) is 0.571. The number of hydrogen-bond acceptors (Lipinski definition) is 3. The lowest BCUT2D eigenvalue weighted by Gasteiger charge is -2.37. The first-order chi connectivity index (χ1) is 9.90. The number of piperidine rings is 1. The van der Waals surface area contributed by atoms with E-state index in [0.717, 1.165) is 16.6 Å². The SMILES string of the molecule is CC1(C(=O)O)CCCN(C(=O)NCCc2ccc(Br)s2)C1. The van der Waals surface area contributed by atoms with Gasteiger partial charge in [-0.1, -0.05) is 0 Å². The van der Waals surface area contributed by atoms with Crippen molar-refractivity contribution >= 4 is 39.3 Å². The third kappa shape index (κ3) is 4.20. The van der Waals surface area contributed by atoms with Crippen molar-refractivity contribution in [1.82, 2.24) is 10.2 Å². The highest BCUT2D eigenvalue weighted by Crippen LogP contribution is 2.29. The van der Waals surface area contributed by atoms with Crippen molar-refractivity contribution in [2.75, 3.05) is 19.6 Å². The number of amides is 2. The summed E-state index contributed by atoms with van der Waals surface area (Å²) in [6.45, 7) is 3.17. The van der Waals surface area contributed by atoms with Gasteiger partial charge in [0.05, 0.1) is 9.20 Å². The summed E-state index contributed by atoms with van der Waals surface area (Å²) in [6.07, 6.45) is 2.13. The van der Waals surface area contributed by atoms with E-state index in [1.54, 1.807) is 23.2 Å². The summed E-state index contributed by atoms with van der Waals surface area (Å²) in [5.41, 5.74) is -0.825. The van der Waals surface area contributed by atoms with Crippen LogP contribution < -0.4 is 5.32 Å². The van der Waals surface area contributed by atoms with Gasteiger partial charge in [-0.2, -0.15) is 0 Å². The van der Waals surface area contributed by atoms with Gasteiger partial charge in [0.1, 0.15) is 0 Å². The Balaban J connectivity index is 1.81. The summed E-state index contributed by atoms with van der Waals surface area (Å²) in [5.74, 6) is -0.830. The molecule has 21 heavy (non-hydrogen) atoms. The predicted molar refractivity (Wildman–Crippen MR) is 85.7 cm³/mol. The van der Waals surface area contributed by atoms with Gasteiger partial charge in [-0.25, -0.2) is 4.79 Å². The first kappa shape index (κ1) is 16.3. The van der Waals surface area contributed by atoms with E-state index in [1.807, 2.05) is 12.1 Å². The summed E-state index contributed by atoms with van der Waals surface area (Å²) in [7, 11) is 0. The number of carboxylic acid groups (broad SMARTS) is 1. The topological polar surface area (TPSA) is 69.6 Å². The van der Waals surface area contributed by atoms with Crippen LogP contribution in [-0.2, 0) is 11.2 Å². The zero-order valence-electron chi connectivity index (χ0n) is 11.9.